The van der Waals surface area contributed by atoms with Crippen LogP contribution < -0.4 is 10.1 Å². The summed E-state index contributed by atoms with van der Waals surface area (Å²) >= 11 is 0. The lowest BCUT2D eigenvalue weighted by Crippen LogP contribution is -2.22. The summed E-state index contributed by atoms with van der Waals surface area (Å²) in [6, 6.07) is 7.03. The van der Waals surface area contributed by atoms with Crippen molar-refractivity contribution in [3.63, 3.8) is 0 Å². The Bertz CT molecular complexity index is 331. The van der Waals surface area contributed by atoms with Crippen LogP contribution in [0.4, 0.5) is 0 Å². The summed E-state index contributed by atoms with van der Waals surface area (Å²) in [5.41, 5.74) is 2.61. The predicted octanol–water partition coefficient (Wildman–Crippen LogP) is 2.43. The van der Waals surface area contributed by atoms with Crippen molar-refractivity contribution in [2.75, 3.05) is 13.2 Å². The Kier molecular flexibility index (Phi) is 3.27. The maximum absolute atomic E-state index is 5.66. The van der Waals surface area contributed by atoms with Gasteiger partial charge in [-0.25, -0.2) is 0 Å². The van der Waals surface area contributed by atoms with Crippen LogP contribution in [0.25, 0.3) is 0 Å². The highest BCUT2D eigenvalue weighted by atomic mass is 16.5. The van der Waals surface area contributed by atoms with Gasteiger partial charge in [0.05, 0.1) is 0 Å². The molecule has 1 aliphatic carbocycles. The average molecular weight is 205 g/mol. The predicted molar refractivity (Wildman–Crippen MR) is 62.4 cm³/mol. The first kappa shape index (κ1) is 10.5. The highest BCUT2D eigenvalue weighted by molar-refractivity contribution is 5.33. The third-order valence-corrected chi connectivity index (χ3v) is 2.86. The van der Waals surface area contributed by atoms with E-state index in [1.54, 1.807) is 0 Å². The molecule has 0 unspecified atom stereocenters. The Balaban J connectivity index is 1.74. The monoisotopic (exact) mass is 205 g/mol. The molecule has 2 rings (SSSR count). The minimum absolute atomic E-state index is 0.763. The van der Waals surface area contributed by atoms with E-state index in [4.69, 9.17) is 4.74 Å². The van der Waals surface area contributed by atoms with Crippen LogP contribution in [0.5, 0.6) is 5.75 Å². The molecule has 0 heterocycles. The van der Waals surface area contributed by atoms with E-state index in [1.807, 2.05) is 6.07 Å². The van der Waals surface area contributed by atoms with Gasteiger partial charge in [-0.2, -0.15) is 0 Å². The molecule has 1 aromatic carbocycles. The molecule has 1 saturated carbocycles. The minimum atomic E-state index is 0.763. The van der Waals surface area contributed by atoms with Gasteiger partial charge in [0.15, 0.2) is 0 Å². The molecule has 2 heteroatoms. The van der Waals surface area contributed by atoms with Gasteiger partial charge in [0.2, 0.25) is 0 Å². The zero-order valence-corrected chi connectivity index (χ0v) is 9.55. The zero-order valence-electron chi connectivity index (χ0n) is 9.55. The fourth-order valence-electron chi connectivity index (χ4n) is 1.52. The third kappa shape index (κ3) is 3.24. The van der Waals surface area contributed by atoms with Gasteiger partial charge < -0.3 is 10.1 Å². The maximum atomic E-state index is 5.66. The molecular weight excluding hydrogens is 186 g/mol. The lowest BCUT2D eigenvalue weighted by molar-refractivity contribution is 0.313. The lowest BCUT2D eigenvalue weighted by Gasteiger charge is -2.08. The second-order valence-electron chi connectivity index (χ2n) is 4.32. The molecule has 1 aliphatic rings. The molecule has 0 amide bonds. The van der Waals surface area contributed by atoms with Crippen molar-refractivity contribution in [2.24, 2.45) is 0 Å². The van der Waals surface area contributed by atoms with E-state index in [9.17, 15) is 0 Å². The van der Waals surface area contributed by atoms with Crippen LogP contribution in [0.1, 0.15) is 24.0 Å². The molecule has 0 atom stereocenters. The molecule has 1 aromatic rings. The van der Waals surface area contributed by atoms with Crippen LogP contribution in [0, 0.1) is 13.8 Å². The fraction of sp³-hybridized carbons (Fsp3) is 0.538. The number of hydrogen-bond donors (Lipinski definition) is 1. The Morgan fingerprint density at radius 1 is 1.27 bits per heavy atom. The smallest absolute Gasteiger partial charge is 0.119 e. The van der Waals surface area contributed by atoms with Gasteiger partial charge in [0.1, 0.15) is 12.4 Å². The summed E-state index contributed by atoms with van der Waals surface area (Å²) in [4.78, 5) is 0. The molecule has 0 aliphatic heterocycles. The van der Waals surface area contributed by atoms with Gasteiger partial charge in [-0.1, -0.05) is 6.07 Å². The van der Waals surface area contributed by atoms with Crippen LogP contribution in [0.2, 0.25) is 0 Å². The van der Waals surface area contributed by atoms with Crippen molar-refractivity contribution in [3.05, 3.63) is 29.3 Å². The van der Waals surface area contributed by atoms with Crippen LogP contribution in [-0.2, 0) is 0 Å². The second-order valence-corrected chi connectivity index (χ2v) is 4.32. The molecule has 0 aromatic heterocycles. The second kappa shape index (κ2) is 4.67. The fourth-order valence-corrected chi connectivity index (χ4v) is 1.52. The van der Waals surface area contributed by atoms with Gasteiger partial charge in [-0.15, -0.1) is 0 Å². The van der Waals surface area contributed by atoms with E-state index in [0.29, 0.717) is 0 Å². The number of hydrogen-bond acceptors (Lipinski definition) is 2. The lowest BCUT2D eigenvalue weighted by atomic mass is 10.1. The first-order chi connectivity index (χ1) is 7.25. The highest BCUT2D eigenvalue weighted by Gasteiger charge is 2.19. The van der Waals surface area contributed by atoms with E-state index in [1.165, 1.54) is 24.0 Å². The summed E-state index contributed by atoms with van der Waals surface area (Å²) in [7, 11) is 0. The van der Waals surface area contributed by atoms with E-state index in [0.717, 1.165) is 24.9 Å². The van der Waals surface area contributed by atoms with Crippen molar-refractivity contribution in [3.8, 4) is 5.75 Å². The third-order valence-electron chi connectivity index (χ3n) is 2.86. The number of ether oxygens (including phenoxy) is 1. The quantitative estimate of drug-likeness (QED) is 0.745. The van der Waals surface area contributed by atoms with Crippen LogP contribution in [0.3, 0.4) is 0 Å². The van der Waals surface area contributed by atoms with Crippen LogP contribution in [0.15, 0.2) is 18.2 Å². The Hall–Kier alpha value is -1.02. The number of rotatable bonds is 5. The van der Waals surface area contributed by atoms with Crippen molar-refractivity contribution in [2.45, 2.75) is 32.7 Å². The molecule has 1 N–H and O–H groups in total. The molecular formula is C13H19NO. The summed E-state index contributed by atoms with van der Waals surface area (Å²) in [6.07, 6.45) is 2.67. The van der Waals surface area contributed by atoms with Crippen LogP contribution >= 0.6 is 0 Å². The average Bonchev–Trinajstić information content (AvgIpc) is 3.02. The normalized spacial score (nSPS) is 15.3. The van der Waals surface area contributed by atoms with Gasteiger partial charge in [0.25, 0.3) is 0 Å². The topological polar surface area (TPSA) is 21.3 Å². The number of nitrogens with one attached hydrogen (secondary N) is 1. The van der Waals surface area contributed by atoms with Gasteiger partial charge in [-0.05, 0) is 49.9 Å². The highest BCUT2D eigenvalue weighted by Crippen LogP contribution is 2.18. The van der Waals surface area contributed by atoms with E-state index in [2.05, 4.69) is 31.3 Å². The van der Waals surface area contributed by atoms with Crippen molar-refractivity contribution in [1.82, 2.24) is 5.32 Å². The summed E-state index contributed by atoms with van der Waals surface area (Å²) in [5, 5.41) is 3.43. The van der Waals surface area contributed by atoms with Crippen molar-refractivity contribution < 1.29 is 4.74 Å². The van der Waals surface area contributed by atoms with Crippen molar-refractivity contribution in [1.29, 1.82) is 0 Å². The zero-order chi connectivity index (χ0) is 10.7. The molecule has 15 heavy (non-hydrogen) atoms. The first-order valence-electron chi connectivity index (χ1n) is 5.69. The summed E-state index contributed by atoms with van der Waals surface area (Å²) in [5.74, 6) is 0.982. The largest absolute Gasteiger partial charge is 0.492 e. The van der Waals surface area contributed by atoms with Crippen LogP contribution in [-0.4, -0.2) is 19.2 Å². The Labute approximate surface area is 91.6 Å². The molecule has 82 valence electrons. The van der Waals surface area contributed by atoms with Crippen molar-refractivity contribution >= 4 is 0 Å². The summed E-state index contributed by atoms with van der Waals surface area (Å²) in [6.45, 7) is 5.95. The van der Waals surface area contributed by atoms with Gasteiger partial charge >= 0.3 is 0 Å². The maximum Gasteiger partial charge on any atom is 0.119 e. The van der Waals surface area contributed by atoms with E-state index < -0.39 is 0 Å². The molecule has 0 bridgehead atoms. The number of benzene rings is 1. The molecule has 0 spiro atoms. The first-order valence-corrected chi connectivity index (χ1v) is 5.69. The minimum Gasteiger partial charge on any atom is -0.492 e. The SMILES string of the molecule is Cc1ccc(OCCNC2CC2)cc1C. The molecule has 0 radical (unpaired) electrons. The summed E-state index contributed by atoms with van der Waals surface area (Å²) < 4.78 is 5.66. The standard InChI is InChI=1S/C13H19NO/c1-10-3-6-13(9-11(10)2)15-8-7-14-12-4-5-12/h3,6,9,12,14H,4-5,7-8H2,1-2H3. The number of aryl methyl sites for hydroxylation is 2. The van der Waals surface area contributed by atoms with Gasteiger partial charge in [0, 0.05) is 12.6 Å². The molecule has 1 fully saturated rings. The Morgan fingerprint density at radius 3 is 2.73 bits per heavy atom. The Morgan fingerprint density at radius 2 is 2.07 bits per heavy atom. The molecule has 2 nitrogen and oxygen atoms in total. The van der Waals surface area contributed by atoms with Gasteiger partial charge in [-0.3, -0.25) is 0 Å². The van der Waals surface area contributed by atoms with E-state index >= 15 is 0 Å². The molecule has 0 saturated heterocycles. The van der Waals surface area contributed by atoms with E-state index in [-0.39, 0.29) is 0 Å².